The lowest BCUT2D eigenvalue weighted by molar-refractivity contribution is 0.326. The summed E-state index contributed by atoms with van der Waals surface area (Å²) < 4.78 is 5.44. The molecule has 2 heteroatoms. The predicted molar refractivity (Wildman–Crippen MR) is 50.5 cm³/mol. The van der Waals surface area contributed by atoms with Crippen molar-refractivity contribution in [1.82, 2.24) is 0 Å². The molecule has 66 valence electrons. The fourth-order valence-corrected chi connectivity index (χ4v) is 1.05. The summed E-state index contributed by atoms with van der Waals surface area (Å²) in [5, 5.41) is 0. The maximum Gasteiger partial charge on any atom is 0.122 e. The smallest absolute Gasteiger partial charge is 0.122 e. The fraction of sp³-hybridized carbons (Fsp3) is 0.400. The van der Waals surface area contributed by atoms with Crippen LogP contribution in [0.5, 0.6) is 5.75 Å². The molecule has 12 heavy (non-hydrogen) atoms. The molecule has 0 amide bonds. The third-order valence-electron chi connectivity index (χ3n) is 1.93. The molecule has 0 unspecified atom stereocenters. The van der Waals surface area contributed by atoms with Crippen molar-refractivity contribution in [2.24, 2.45) is 5.73 Å². The summed E-state index contributed by atoms with van der Waals surface area (Å²) in [6.45, 7) is 5.28. The first-order valence-corrected chi connectivity index (χ1v) is 4.15. The zero-order valence-electron chi connectivity index (χ0n) is 7.63. The van der Waals surface area contributed by atoms with E-state index in [1.165, 1.54) is 11.1 Å². The first-order chi connectivity index (χ1) is 5.75. The molecule has 2 N–H and O–H groups in total. The average Bonchev–Trinajstić information content (AvgIpc) is 2.08. The Hall–Kier alpha value is -1.02. The SMILES string of the molecule is Cc1cccc(OCCN)c1C. The van der Waals surface area contributed by atoms with Gasteiger partial charge in [-0.15, -0.1) is 0 Å². The van der Waals surface area contributed by atoms with Crippen LogP contribution >= 0.6 is 0 Å². The summed E-state index contributed by atoms with van der Waals surface area (Å²) in [7, 11) is 0. The van der Waals surface area contributed by atoms with E-state index < -0.39 is 0 Å². The van der Waals surface area contributed by atoms with Gasteiger partial charge in [-0.2, -0.15) is 0 Å². The lowest BCUT2D eigenvalue weighted by atomic mass is 10.1. The van der Waals surface area contributed by atoms with Gasteiger partial charge in [-0.1, -0.05) is 12.1 Å². The molecule has 0 atom stereocenters. The highest BCUT2D eigenvalue weighted by atomic mass is 16.5. The van der Waals surface area contributed by atoms with Gasteiger partial charge in [-0.05, 0) is 31.0 Å². The van der Waals surface area contributed by atoms with Crippen molar-refractivity contribution in [3.8, 4) is 5.75 Å². The highest BCUT2D eigenvalue weighted by Crippen LogP contribution is 2.19. The van der Waals surface area contributed by atoms with Gasteiger partial charge in [0, 0.05) is 6.54 Å². The van der Waals surface area contributed by atoms with E-state index in [9.17, 15) is 0 Å². The fourth-order valence-electron chi connectivity index (χ4n) is 1.05. The highest BCUT2D eigenvalue weighted by molar-refractivity contribution is 5.38. The zero-order valence-corrected chi connectivity index (χ0v) is 7.63. The monoisotopic (exact) mass is 165 g/mol. The number of rotatable bonds is 3. The minimum absolute atomic E-state index is 0.563. The van der Waals surface area contributed by atoms with Crippen LogP contribution in [0.4, 0.5) is 0 Å². The van der Waals surface area contributed by atoms with E-state index in [-0.39, 0.29) is 0 Å². The van der Waals surface area contributed by atoms with E-state index >= 15 is 0 Å². The Morgan fingerprint density at radius 1 is 1.33 bits per heavy atom. The molecule has 0 bridgehead atoms. The Morgan fingerprint density at radius 2 is 2.08 bits per heavy atom. The zero-order chi connectivity index (χ0) is 8.97. The predicted octanol–water partition coefficient (Wildman–Crippen LogP) is 1.64. The normalized spacial score (nSPS) is 9.92. The quantitative estimate of drug-likeness (QED) is 0.739. The Morgan fingerprint density at radius 3 is 2.75 bits per heavy atom. The number of benzene rings is 1. The van der Waals surface area contributed by atoms with Gasteiger partial charge in [0.15, 0.2) is 0 Å². The van der Waals surface area contributed by atoms with Gasteiger partial charge in [0.25, 0.3) is 0 Å². The van der Waals surface area contributed by atoms with Crippen LogP contribution in [0.15, 0.2) is 18.2 Å². The summed E-state index contributed by atoms with van der Waals surface area (Å²) in [5.41, 5.74) is 7.79. The van der Waals surface area contributed by atoms with E-state index in [2.05, 4.69) is 19.9 Å². The van der Waals surface area contributed by atoms with Crippen LogP contribution in [0.25, 0.3) is 0 Å². The second-order valence-electron chi connectivity index (χ2n) is 2.84. The molecule has 1 aromatic rings. The van der Waals surface area contributed by atoms with Crippen molar-refractivity contribution in [3.63, 3.8) is 0 Å². The summed E-state index contributed by atoms with van der Waals surface area (Å²) in [4.78, 5) is 0. The summed E-state index contributed by atoms with van der Waals surface area (Å²) in [5.74, 6) is 0.945. The molecule has 0 fully saturated rings. The maximum atomic E-state index is 5.44. The standard InChI is InChI=1S/C10H15NO/c1-8-4-3-5-10(9(8)2)12-7-6-11/h3-5H,6-7,11H2,1-2H3. The minimum Gasteiger partial charge on any atom is -0.492 e. The Balaban J connectivity index is 2.78. The maximum absolute atomic E-state index is 5.44. The number of hydrogen-bond donors (Lipinski definition) is 1. The average molecular weight is 165 g/mol. The summed E-state index contributed by atoms with van der Waals surface area (Å²) >= 11 is 0. The lowest BCUT2D eigenvalue weighted by Gasteiger charge is -2.09. The molecule has 1 aromatic carbocycles. The van der Waals surface area contributed by atoms with Gasteiger partial charge in [0.1, 0.15) is 12.4 Å². The van der Waals surface area contributed by atoms with Gasteiger partial charge in [-0.3, -0.25) is 0 Å². The molecule has 0 aliphatic heterocycles. The lowest BCUT2D eigenvalue weighted by Crippen LogP contribution is -2.11. The Kier molecular flexibility index (Phi) is 3.11. The van der Waals surface area contributed by atoms with Crippen molar-refractivity contribution in [2.45, 2.75) is 13.8 Å². The van der Waals surface area contributed by atoms with E-state index in [1.54, 1.807) is 0 Å². The van der Waals surface area contributed by atoms with Crippen LogP contribution < -0.4 is 10.5 Å². The van der Waals surface area contributed by atoms with Crippen molar-refractivity contribution in [1.29, 1.82) is 0 Å². The molecule has 0 saturated carbocycles. The number of hydrogen-bond acceptors (Lipinski definition) is 2. The first-order valence-electron chi connectivity index (χ1n) is 4.15. The Labute approximate surface area is 73.3 Å². The van der Waals surface area contributed by atoms with E-state index in [0.717, 1.165) is 5.75 Å². The van der Waals surface area contributed by atoms with Crippen molar-refractivity contribution in [2.75, 3.05) is 13.2 Å². The second kappa shape index (κ2) is 4.12. The molecule has 1 rings (SSSR count). The molecule has 0 radical (unpaired) electrons. The Bertz CT molecular complexity index is 258. The van der Waals surface area contributed by atoms with Gasteiger partial charge in [0.05, 0.1) is 0 Å². The summed E-state index contributed by atoms with van der Waals surface area (Å²) in [6.07, 6.45) is 0. The molecule has 0 aliphatic rings. The molecule has 0 spiro atoms. The number of nitrogens with two attached hydrogens (primary N) is 1. The van der Waals surface area contributed by atoms with Crippen LogP contribution in [0.1, 0.15) is 11.1 Å². The number of ether oxygens (including phenoxy) is 1. The van der Waals surface area contributed by atoms with Crippen LogP contribution in [0.3, 0.4) is 0 Å². The summed E-state index contributed by atoms with van der Waals surface area (Å²) in [6, 6.07) is 6.04. The van der Waals surface area contributed by atoms with Gasteiger partial charge in [-0.25, -0.2) is 0 Å². The first kappa shape index (κ1) is 9.07. The molecule has 0 saturated heterocycles. The van der Waals surface area contributed by atoms with Crippen LogP contribution in [0.2, 0.25) is 0 Å². The third kappa shape index (κ3) is 1.98. The van der Waals surface area contributed by atoms with E-state index in [1.807, 2.05) is 12.1 Å². The topological polar surface area (TPSA) is 35.2 Å². The van der Waals surface area contributed by atoms with E-state index in [0.29, 0.717) is 13.2 Å². The van der Waals surface area contributed by atoms with Crippen molar-refractivity contribution < 1.29 is 4.74 Å². The molecular weight excluding hydrogens is 150 g/mol. The third-order valence-corrected chi connectivity index (χ3v) is 1.93. The van der Waals surface area contributed by atoms with Crippen molar-refractivity contribution >= 4 is 0 Å². The van der Waals surface area contributed by atoms with Crippen LogP contribution in [-0.4, -0.2) is 13.2 Å². The molecule has 0 heterocycles. The second-order valence-corrected chi connectivity index (χ2v) is 2.84. The minimum atomic E-state index is 0.563. The van der Waals surface area contributed by atoms with Gasteiger partial charge >= 0.3 is 0 Å². The van der Waals surface area contributed by atoms with Gasteiger partial charge in [0.2, 0.25) is 0 Å². The van der Waals surface area contributed by atoms with Gasteiger partial charge < -0.3 is 10.5 Å². The van der Waals surface area contributed by atoms with Crippen molar-refractivity contribution in [3.05, 3.63) is 29.3 Å². The number of aryl methyl sites for hydroxylation is 1. The molecule has 0 aromatic heterocycles. The highest BCUT2D eigenvalue weighted by Gasteiger charge is 1.99. The molecular formula is C10H15NO. The molecule has 0 aliphatic carbocycles. The van der Waals surface area contributed by atoms with Crippen LogP contribution in [-0.2, 0) is 0 Å². The van der Waals surface area contributed by atoms with Crippen LogP contribution in [0, 0.1) is 13.8 Å². The molecule has 2 nitrogen and oxygen atoms in total. The van der Waals surface area contributed by atoms with E-state index in [4.69, 9.17) is 10.5 Å². The largest absolute Gasteiger partial charge is 0.492 e.